The molecule has 0 spiro atoms. The van der Waals surface area contributed by atoms with Gasteiger partial charge in [0.05, 0.1) is 12.1 Å². The van der Waals surface area contributed by atoms with Crippen LogP contribution < -0.4 is 0 Å². The maximum Gasteiger partial charge on any atom is 0.410 e. The summed E-state index contributed by atoms with van der Waals surface area (Å²) in [6.45, 7) is 6.91. The zero-order valence-electron chi connectivity index (χ0n) is 12.0. The fraction of sp³-hybridized carbons (Fsp3) is 0.917. The largest absolute Gasteiger partial charge is 0.444 e. The van der Waals surface area contributed by atoms with Crippen LogP contribution in [0, 0.1) is 0 Å². The minimum Gasteiger partial charge on any atom is -0.444 e. The van der Waals surface area contributed by atoms with Gasteiger partial charge >= 0.3 is 6.09 Å². The summed E-state index contributed by atoms with van der Waals surface area (Å²) in [7, 11) is 1.61. The molecule has 0 radical (unpaired) electrons. The maximum atomic E-state index is 11.9. The highest BCUT2D eigenvalue weighted by molar-refractivity contribution is 5.68. The molecule has 0 aliphatic carbocycles. The first kappa shape index (κ1) is 15.6. The van der Waals surface area contributed by atoms with Gasteiger partial charge in [0, 0.05) is 25.1 Å². The van der Waals surface area contributed by atoms with Crippen LogP contribution >= 0.6 is 0 Å². The Labute approximate surface area is 113 Å². The van der Waals surface area contributed by atoms with Gasteiger partial charge in [-0.25, -0.2) is 4.79 Å². The van der Waals surface area contributed by atoms with Gasteiger partial charge in [-0.05, 0) is 39.1 Å². The van der Waals surface area contributed by atoms with Crippen molar-refractivity contribution in [2.24, 2.45) is 5.11 Å². The number of hydrogen-bond donors (Lipinski definition) is 0. The first-order chi connectivity index (χ1) is 8.82. The van der Waals surface area contributed by atoms with E-state index in [0.717, 1.165) is 0 Å². The van der Waals surface area contributed by atoms with E-state index in [2.05, 4.69) is 10.0 Å². The van der Waals surface area contributed by atoms with Gasteiger partial charge in [-0.2, -0.15) is 0 Å². The van der Waals surface area contributed by atoms with Gasteiger partial charge < -0.3 is 14.4 Å². The number of carbonyl (C=O) groups is 1. The highest BCUT2D eigenvalue weighted by atomic mass is 16.6. The van der Waals surface area contributed by atoms with Crippen molar-refractivity contribution in [1.29, 1.82) is 0 Å². The normalized spacial score (nSPS) is 18.6. The maximum absolute atomic E-state index is 11.9. The SMILES string of the molecule is COC1(CN=[N+]=[N-])CCN(C(=O)OC(C)(C)C)CC1. The third kappa shape index (κ3) is 4.61. The van der Waals surface area contributed by atoms with Gasteiger partial charge in [0.1, 0.15) is 5.60 Å². The zero-order valence-corrected chi connectivity index (χ0v) is 12.0. The Morgan fingerprint density at radius 2 is 2.00 bits per heavy atom. The van der Waals surface area contributed by atoms with E-state index in [1.807, 2.05) is 20.8 Å². The average molecular weight is 270 g/mol. The number of likely N-dealkylation sites (tertiary alicyclic amines) is 1. The van der Waals surface area contributed by atoms with Gasteiger partial charge in [-0.15, -0.1) is 0 Å². The molecular weight excluding hydrogens is 248 g/mol. The van der Waals surface area contributed by atoms with E-state index in [-0.39, 0.29) is 6.09 Å². The second-order valence-corrected chi connectivity index (χ2v) is 5.74. The number of amides is 1. The number of nitrogens with zero attached hydrogens (tertiary/aromatic N) is 4. The van der Waals surface area contributed by atoms with Crippen LogP contribution in [0.25, 0.3) is 10.4 Å². The lowest BCUT2D eigenvalue weighted by Crippen LogP contribution is -2.50. The molecule has 0 unspecified atom stereocenters. The molecule has 0 aromatic rings. The second-order valence-electron chi connectivity index (χ2n) is 5.74. The first-order valence-electron chi connectivity index (χ1n) is 6.36. The Kier molecular flexibility index (Phi) is 5.03. The fourth-order valence-corrected chi connectivity index (χ4v) is 2.01. The lowest BCUT2D eigenvalue weighted by molar-refractivity contribution is -0.0538. The monoisotopic (exact) mass is 270 g/mol. The lowest BCUT2D eigenvalue weighted by atomic mass is 9.91. The van der Waals surface area contributed by atoms with Crippen LogP contribution in [0.1, 0.15) is 33.6 Å². The predicted octanol–water partition coefficient (Wildman–Crippen LogP) is 2.71. The topological polar surface area (TPSA) is 87.5 Å². The van der Waals surface area contributed by atoms with E-state index in [4.69, 9.17) is 15.0 Å². The first-order valence-corrected chi connectivity index (χ1v) is 6.36. The Balaban J connectivity index is 2.56. The van der Waals surface area contributed by atoms with Crippen molar-refractivity contribution >= 4 is 6.09 Å². The molecular formula is C12H22N4O3. The molecule has 0 saturated carbocycles. The molecule has 19 heavy (non-hydrogen) atoms. The molecule has 1 aliphatic rings. The minimum absolute atomic E-state index is 0.294. The van der Waals surface area contributed by atoms with Crippen LogP contribution in [0.5, 0.6) is 0 Å². The molecule has 0 aromatic carbocycles. The van der Waals surface area contributed by atoms with Crippen LogP contribution in [0.3, 0.4) is 0 Å². The van der Waals surface area contributed by atoms with Crippen LogP contribution in [0.15, 0.2) is 5.11 Å². The van der Waals surface area contributed by atoms with E-state index in [1.54, 1.807) is 12.0 Å². The molecule has 1 saturated heterocycles. The number of hydrogen-bond acceptors (Lipinski definition) is 4. The molecule has 0 atom stereocenters. The molecule has 0 N–H and O–H groups in total. The molecule has 1 amide bonds. The quantitative estimate of drug-likeness (QED) is 0.448. The van der Waals surface area contributed by atoms with Crippen molar-refractivity contribution in [3.8, 4) is 0 Å². The molecule has 1 fully saturated rings. The van der Waals surface area contributed by atoms with Crippen LogP contribution in [0.2, 0.25) is 0 Å². The summed E-state index contributed by atoms with van der Waals surface area (Å²) in [6, 6.07) is 0. The summed E-state index contributed by atoms with van der Waals surface area (Å²) >= 11 is 0. The molecule has 108 valence electrons. The van der Waals surface area contributed by atoms with Crippen molar-refractivity contribution in [2.75, 3.05) is 26.7 Å². The van der Waals surface area contributed by atoms with Crippen LogP contribution in [-0.2, 0) is 9.47 Å². The molecule has 7 heteroatoms. The van der Waals surface area contributed by atoms with Crippen molar-refractivity contribution in [3.05, 3.63) is 10.4 Å². The van der Waals surface area contributed by atoms with Crippen molar-refractivity contribution in [3.63, 3.8) is 0 Å². The van der Waals surface area contributed by atoms with E-state index < -0.39 is 11.2 Å². The Bertz CT molecular complexity index is 364. The Morgan fingerprint density at radius 1 is 1.42 bits per heavy atom. The fourth-order valence-electron chi connectivity index (χ4n) is 2.01. The Hall–Kier alpha value is -1.46. The highest BCUT2D eigenvalue weighted by Gasteiger charge is 2.36. The summed E-state index contributed by atoms with van der Waals surface area (Å²) in [5.41, 5.74) is 7.45. The summed E-state index contributed by atoms with van der Waals surface area (Å²) in [5.74, 6) is 0. The van der Waals surface area contributed by atoms with Gasteiger partial charge in [-0.1, -0.05) is 5.11 Å². The average Bonchev–Trinajstić information content (AvgIpc) is 2.35. The van der Waals surface area contributed by atoms with E-state index in [1.165, 1.54) is 0 Å². The molecule has 1 aliphatic heterocycles. The lowest BCUT2D eigenvalue weighted by Gasteiger charge is -2.40. The van der Waals surface area contributed by atoms with Gasteiger partial charge in [0.2, 0.25) is 0 Å². The van der Waals surface area contributed by atoms with Crippen LogP contribution in [0.4, 0.5) is 4.79 Å². The van der Waals surface area contributed by atoms with Crippen LogP contribution in [-0.4, -0.2) is 48.9 Å². The molecule has 1 heterocycles. The molecule has 0 aromatic heterocycles. The zero-order chi connectivity index (χ0) is 14.5. The molecule has 0 bridgehead atoms. The van der Waals surface area contributed by atoms with Gasteiger partial charge in [-0.3, -0.25) is 0 Å². The highest BCUT2D eigenvalue weighted by Crippen LogP contribution is 2.27. The van der Waals surface area contributed by atoms with Gasteiger partial charge in [0.15, 0.2) is 0 Å². The third-order valence-corrected chi connectivity index (χ3v) is 3.18. The van der Waals surface area contributed by atoms with E-state index in [0.29, 0.717) is 32.5 Å². The summed E-state index contributed by atoms with van der Waals surface area (Å²) in [4.78, 5) is 16.3. The minimum atomic E-state index is -0.488. The number of piperidine rings is 1. The third-order valence-electron chi connectivity index (χ3n) is 3.18. The predicted molar refractivity (Wildman–Crippen MR) is 70.8 cm³/mol. The number of carbonyl (C=O) groups excluding carboxylic acids is 1. The van der Waals surface area contributed by atoms with E-state index in [9.17, 15) is 4.79 Å². The number of methoxy groups -OCH3 is 1. The van der Waals surface area contributed by atoms with E-state index >= 15 is 0 Å². The molecule has 1 rings (SSSR count). The number of ether oxygens (including phenoxy) is 2. The summed E-state index contributed by atoms with van der Waals surface area (Å²) < 4.78 is 10.8. The molecule has 7 nitrogen and oxygen atoms in total. The Morgan fingerprint density at radius 3 is 2.42 bits per heavy atom. The second kappa shape index (κ2) is 6.12. The van der Waals surface area contributed by atoms with Crippen molar-refractivity contribution in [1.82, 2.24) is 4.90 Å². The van der Waals surface area contributed by atoms with Gasteiger partial charge in [0.25, 0.3) is 0 Å². The number of rotatable bonds is 3. The number of azide groups is 1. The standard InChI is InChI=1S/C12H22N4O3/c1-11(2,3)19-10(17)16-7-5-12(18-4,6-8-16)9-14-15-13/h5-9H2,1-4H3. The summed E-state index contributed by atoms with van der Waals surface area (Å²) in [6.07, 6.45) is 0.977. The van der Waals surface area contributed by atoms with Crippen molar-refractivity contribution < 1.29 is 14.3 Å². The summed E-state index contributed by atoms with van der Waals surface area (Å²) in [5, 5.41) is 3.59. The smallest absolute Gasteiger partial charge is 0.410 e. The van der Waals surface area contributed by atoms with Crippen molar-refractivity contribution in [2.45, 2.75) is 44.8 Å².